The molecule has 0 saturated carbocycles. The molecule has 29 heavy (non-hydrogen) atoms. The number of carbonyl (C=O) groups is 2. The predicted octanol–water partition coefficient (Wildman–Crippen LogP) is 3.79. The normalized spacial score (nSPS) is 19.1. The number of likely N-dealkylation sites (tertiary alicyclic amines) is 1. The van der Waals surface area contributed by atoms with Crippen LogP contribution in [0.25, 0.3) is 11.1 Å². The summed E-state index contributed by atoms with van der Waals surface area (Å²) >= 11 is 0. The second-order valence-corrected chi connectivity index (χ2v) is 8.26. The number of amides is 2. The molecule has 5 nitrogen and oxygen atoms in total. The Bertz CT molecular complexity index is 833. The minimum Gasteiger partial charge on any atom is -0.348 e. The van der Waals surface area contributed by atoms with Crippen LogP contribution in [0, 0.1) is 5.41 Å². The predicted molar refractivity (Wildman–Crippen MR) is 115 cm³/mol. The van der Waals surface area contributed by atoms with E-state index in [-0.39, 0.29) is 11.8 Å². The van der Waals surface area contributed by atoms with Crippen LogP contribution < -0.4 is 0 Å². The van der Waals surface area contributed by atoms with E-state index < -0.39 is 5.41 Å². The van der Waals surface area contributed by atoms with Gasteiger partial charge in [-0.15, -0.1) is 0 Å². The molecule has 1 aromatic heterocycles. The number of rotatable bonds is 6. The highest BCUT2D eigenvalue weighted by Crippen LogP contribution is 2.36. The van der Waals surface area contributed by atoms with Gasteiger partial charge in [-0.05, 0) is 54.5 Å². The van der Waals surface area contributed by atoms with Gasteiger partial charge in [0.1, 0.15) is 0 Å². The molecule has 0 N–H and O–H groups in total. The molecular weight excluding hydrogens is 362 g/mol. The average Bonchev–Trinajstić information content (AvgIpc) is 2.74. The van der Waals surface area contributed by atoms with E-state index in [4.69, 9.17) is 0 Å². The zero-order valence-corrected chi connectivity index (χ0v) is 17.7. The van der Waals surface area contributed by atoms with Gasteiger partial charge in [-0.1, -0.05) is 31.2 Å². The van der Waals surface area contributed by atoms with Crippen LogP contribution in [0.15, 0.2) is 48.8 Å². The van der Waals surface area contributed by atoms with E-state index in [0.29, 0.717) is 19.4 Å². The lowest BCUT2D eigenvalue weighted by molar-refractivity contribution is -0.147. The molecule has 1 fully saturated rings. The summed E-state index contributed by atoms with van der Waals surface area (Å²) in [5.74, 6) is 0.279. The molecule has 1 aliphatic rings. The van der Waals surface area contributed by atoms with Crippen molar-refractivity contribution in [3.05, 3.63) is 54.4 Å². The number of hydrogen-bond donors (Lipinski definition) is 0. The molecule has 1 aromatic carbocycles. The summed E-state index contributed by atoms with van der Waals surface area (Å²) in [4.78, 5) is 33.4. The largest absolute Gasteiger partial charge is 0.348 e. The van der Waals surface area contributed by atoms with E-state index in [9.17, 15) is 9.59 Å². The summed E-state index contributed by atoms with van der Waals surface area (Å²) in [6.07, 6.45) is 7.29. The van der Waals surface area contributed by atoms with Gasteiger partial charge in [0.05, 0.1) is 5.41 Å². The fourth-order valence-corrected chi connectivity index (χ4v) is 4.34. The summed E-state index contributed by atoms with van der Waals surface area (Å²) in [7, 11) is 3.62. The second-order valence-electron chi connectivity index (χ2n) is 8.26. The molecule has 3 rings (SSSR count). The summed E-state index contributed by atoms with van der Waals surface area (Å²) < 4.78 is 0. The molecule has 1 atom stereocenters. The second kappa shape index (κ2) is 9.21. The summed E-state index contributed by atoms with van der Waals surface area (Å²) in [5.41, 5.74) is 2.83. The topological polar surface area (TPSA) is 53.5 Å². The first-order valence-electron chi connectivity index (χ1n) is 10.4. The minimum absolute atomic E-state index is 0.115. The lowest BCUT2D eigenvalue weighted by Gasteiger charge is -2.43. The Balaban J connectivity index is 1.84. The number of nitrogens with zero attached hydrogens (tertiary/aromatic N) is 3. The Morgan fingerprint density at radius 1 is 1.07 bits per heavy atom. The fourth-order valence-electron chi connectivity index (χ4n) is 4.34. The van der Waals surface area contributed by atoms with Crippen LogP contribution in [0.5, 0.6) is 0 Å². The van der Waals surface area contributed by atoms with E-state index in [0.717, 1.165) is 42.5 Å². The van der Waals surface area contributed by atoms with E-state index in [1.807, 2.05) is 38.1 Å². The lowest BCUT2D eigenvalue weighted by atomic mass is 9.73. The smallest absolute Gasteiger partial charge is 0.230 e. The Morgan fingerprint density at radius 3 is 2.34 bits per heavy atom. The number of piperidine rings is 1. The molecular formula is C24H31N3O2. The van der Waals surface area contributed by atoms with Crippen molar-refractivity contribution in [2.45, 2.75) is 39.0 Å². The number of pyridine rings is 1. The van der Waals surface area contributed by atoms with E-state index in [1.165, 1.54) is 0 Å². The molecule has 0 bridgehead atoms. The van der Waals surface area contributed by atoms with Gasteiger partial charge < -0.3 is 9.80 Å². The minimum atomic E-state index is -0.552. The molecule has 0 spiro atoms. The Kier molecular flexibility index (Phi) is 6.68. The summed E-state index contributed by atoms with van der Waals surface area (Å²) in [5, 5.41) is 0. The summed E-state index contributed by atoms with van der Waals surface area (Å²) in [6.45, 7) is 3.28. The quantitative estimate of drug-likeness (QED) is 0.750. The van der Waals surface area contributed by atoms with E-state index in [1.54, 1.807) is 17.3 Å². The molecule has 5 heteroatoms. The SMILES string of the molecule is CCCC(=O)N1CCC[C@@](Cc2ccc(-c3ccncc3)cc2)(C(=O)N(C)C)C1. The number of aromatic nitrogens is 1. The Morgan fingerprint density at radius 2 is 1.72 bits per heavy atom. The van der Waals surface area contributed by atoms with Gasteiger partial charge >= 0.3 is 0 Å². The molecule has 2 amide bonds. The van der Waals surface area contributed by atoms with Crippen molar-refractivity contribution in [3.63, 3.8) is 0 Å². The Labute approximate surface area is 173 Å². The van der Waals surface area contributed by atoms with Crippen molar-refractivity contribution < 1.29 is 9.59 Å². The van der Waals surface area contributed by atoms with Gasteiger partial charge in [0.2, 0.25) is 11.8 Å². The van der Waals surface area contributed by atoms with E-state index in [2.05, 4.69) is 29.2 Å². The van der Waals surface area contributed by atoms with Gasteiger partial charge in [0.15, 0.2) is 0 Å². The molecule has 0 unspecified atom stereocenters. The lowest BCUT2D eigenvalue weighted by Crippen LogP contribution is -2.54. The van der Waals surface area contributed by atoms with Crippen molar-refractivity contribution in [2.24, 2.45) is 5.41 Å². The maximum absolute atomic E-state index is 13.2. The molecule has 0 radical (unpaired) electrons. The van der Waals surface area contributed by atoms with Gasteiger partial charge in [0, 0.05) is 46.0 Å². The van der Waals surface area contributed by atoms with Gasteiger partial charge in [0.25, 0.3) is 0 Å². The molecule has 2 aromatic rings. The zero-order valence-electron chi connectivity index (χ0n) is 17.7. The third-order valence-corrected chi connectivity index (χ3v) is 5.76. The van der Waals surface area contributed by atoms with Crippen molar-refractivity contribution in [1.29, 1.82) is 0 Å². The van der Waals surface area contributed by atoms with Gasteiger partial charge in [-0.3, -0.25) is 14.6 Å². The monoisotopic (exact) mass is 393 g/mol. The Hall–Kier alpha value is -2.69. The van der Waals surface area contributed by atoms with Crippen LogP contribution >= 0.6 is 0 Å². The molecule has 1 saturated heterocycles. The fraction of sp³-hybridized carbons (Fsp3) is 0.458. The molecule has 2 heterocycles. The van der Waals surface area contributed by atoms with Crippen LogP contribution in [0.4, 0.5) is 0 Å². The van der Waals surface area contributed by atoms with Crippen LogP contribution in [-0.4, -0.2) is 53.8 Å². The maximum Gasteiger partial charge on any atom is 0.230 e. The van der Waals surface area contributed by atoms with Gasteiger partial charge in [-0.25, -0.2) is 0 Å². The van der Waals surface area contributed by atoms with Crippen molar-refractivity contribution in [2.75, 3.05) is 27.2 Å². The number of benzene rings is 1. The third kappa shape index (κ3) is 4.84. The molecule has 1 aliphatic heterocycles. The van der Waals surface area contributed by atoms with E-state index >= 15 is 0 Å². The highest BCUT2D eigenvalue weighted by atomic mass is 16.2. The zero-order chi connectivity index (χ0) is 20.9. The first-order valence-corrected chi connectivity index (χ1v) is 10.4. The maximum atomic E-state index is 13.2. The number of carbonyl (C=O) groups excluding carboxylic acids is 2. The highest BCUT2D eigenvalue weighted by Gasteiger charge is 2.44. The molecule has 154 valence electrons. The summed E-state index contributed by atoms with van der Waals surface area (Å²) in [6, 6.07) is 12.4. The first-order chi connectivity index (χ1) is 13.9. The van der Waals surface area contributed by atoms with Gasteiger partial charge in [-0.2, -0.15) is 0 Å². The van der Waals surface area contributed by atoms with Crippen LogP contribution in [0.2, 0.25) is 0 Å². The van der Waals surface area contributed by atoms with Crippen LogP contribution in [0.3, 0.4) is 0 Å². The highest BCUT2D eigenvalue weighted by molar-refractivity contribution is 5.84. The van der Waals surface area contributed by atoms with Crippen molar-refractivity contribution in [3.8, 4) is 11.1 Å². The average molecular weight is 394 g/mol. The van der Waals surface area contributed by atoms with Crippen LogP contribution in [-0.2, 0) is 16.0 Å². The first kappa shape index (κ1) is 21.0. The standard InChI is InChI=1S/C24H31N3O2/c1-4-6-22(28)27-16-5-13-24(18-27,23(29)26(2)3)17-19-7-9-20(10-8-19)21-11-14-25-15-12-21/h7-12,14-15H,4-6,13,16-18H2,1-3H3/t24-/m0/s1. The number of hydrogen-bond acceptors (Lipinski definition) is 3. The third-order valence-electron chi connectivity index (χ3n) is 5.76. The van der Waals surface area contributed by atoms with Crippen molar-refractivity contribution >= 4 is 11.8 Å². The van der Waals surface area contributed by atoms with Crippen LogP contribution in [0.1, 0.15) is 38.2 Å². The van der Waals surface area contributed by atoms with Crippen molar-refractivity contribution in [1.82, 2.24) is 14.8 Å². The molecule has 0 aliphatic carbocycles.